The van der Waals surface area contributed by atoms with Crippen LogP contribution in [0.15, 0.2) is 77.7 Å². The van der Waals surface area contributed by atoms with Crippen LogP contribution in [-0.4, -0.2) is 50.3 Å². The summed E-state index contributed by atoms with van der Waals surface area (Å²) in [5.41, 5.74) is 0.861. The Morgan fingerprint density at radius 3 is 2.07 bits per heavy atom. The zero-order chi connectivity index (χ0) is 30.9. The molecule has 0 bridgehead atoms. The smallest absolute Gasteiger partial charge is 0.394 e. The van der Waals surface area contributed by atoms with Crippen LogP contribution in [0.2, 0.25) is 0 Å². The van der Waals surface area contributed by atoms with Gasteiger partial charge in [0.15, 0.2) is 9.84 Å². The van der Waals surface area contributed by atoms with Gasteiger partial charge in [0.05, 0.1) is 34.9 Å². The van der Waals surface area contributed by atoms with E-state index in [1.54, 1.807) is 0 Å². The fourth-order valence-electron chi connectivity index (χ4n) is 5.14. The molecule has 1 heterocycles. The van der Waals surface area contributed by atoms with E-state index in [0.29, 0.717) is 16.8 Å². The Morgan fingerprint density at radius 1 is 0.976 bits per heavy atom. The monoisotopic (exact) mass is 610 g/mol. The van der Waals surface area contributed by atoms with E-state index in [2.05, 4.69) is 5.32 Å². The third kappa shape index (κ3) is 6.92. The normalized spacial score (nSPS) is 18.6. The van der Waals surface area contributed by atoms with Crippen molar-refractivity contribution in [3.63, 3.8) is 0 Å². The molecule has 3 aromatic carbocycles. The Labute approximate surface area is 241 Å². The standard InChI is InChI=1S/C30H31F5N2O4S/c1-3-42(40,41)25-14-8-20(9-15-25)26(18-38)36-28(39)21-6-12-24(13-7-21)37-17-22(16-27(37)29(2,31)32)19-4-10-23(11-5-19)30(33,34)35/h4-15,22,26-27,38H,3,16-18H2,1-2H3,(H,36,39)/t22?,26-,27-/m0/s1. The van der Waals surface area contributed by atoms with E-state index in [4.69, 9.17) is 0 Å². The molecule has 42 heavy (non-hydrogen) atoms. The number of carbonyl (C=O) groups is 1. The molecule has 3 atom stereocenters. The molecule has 1 aliphatic heterocycles. The van der Waals surface area contributed by atoms with Crippen molar-refractivity contribution in [1.82, 2.24) is 5.32 Å². The van der Waals surface area contributed by atoms with E-state index in [0.717, 1.165) is 19.1 Å². The van der Waals surface area contributed by atoms with E-state index in [1.807, 2.05) is 0 Å². The summed E-state index contributed by atoms with van der Waals surface area (Å²) in [6.07, 6.45) is -4.46. The average Bonchev–Trinajstić information content (AvgIpc) is 3.42. The summed E-state index contributed by atoms with van der Waals surface area (Å²) in [5, 5.41) is 12.5. The number of sulfone groups is 1. The van der Waals surface area contributed by atoms with E-state index < -0.39 is 58.0 Å². The van der Waals surface area contributed by atoms with E-state index in [9.17, 15) is 40.3 Å². The minimum atomic E-state index is -4.49. The summed E-state index contributed by atoms with van der Waals surface area (Å²) in [5.74, 6) is -4.12. The van der Waals surface area contributed by atoms with Gasteiger partial charge in [0.25, 0.3) is 11.8 Å². The first-order valence-corrected chi connectivity index (χ1v) is 15.0. The van der Waals surface area contributed by atoms with Crippen molar-refractivity contribution in [2.24, 2.45) is 0 Å². The van der Waals surface area contributed by atoms with Crippen LogP contribution in [-0.2, 0) is 16.0 Å². The lowest BCUT2D eigenvalue weighted by Gasteiger charge is -2.31. The number of halogens is 5. The van der Waals surface area contributed by atoms with Crippen molar-refractivity contribution < 1.29 is 40.3 Å². The molecule has 0 radical (unpaired) electrons. The molecule has 3 aromatic rings. The minimum Gasteiger partial charge on any atom is -0.394 e. The first-order chi connectivity index (χ1) is 19.6. The number of anilines is 1. The first-order valence-electron chi connectivity index (χ1n) is 13.3. The fraction of sp³-hybridized carbons (Fsp3) is 0.367. The number of nitrogens with zero attached hydrogens (tertiary/aromatic N) is 1. The van der Waals surface area contributed by atoms with Crippen LogP contribution in [0, 0.1) is 0 Å². The molecule has 1 unspecified atom stereocenters. The van der Waals surface area contributed by atoms with Crippen LogP contribution >= 0.6 is 0 Å². The van der Waals surface area contributed by atoms with Crippen LogP contribution in [0.3, 0.4) is 0 Å². The third-order valence-corrected chi connectivity index (χ3v) is 9.32. The number of alkyl halides is 5. The van der Waals surface area contributed by atoms with Gasteiger partial charge in [0.1, 0.15) is 0 Å². The van der Waals surface area contributed by atoms with Gasteiger partial charge in [-0.1, -0.05) is 31.2 Å². The predicted molar refractivity (Wildman–Crippen MR) is 148 cm³/mol. The van der Waals surface area contributed by atoms with Gasteiger partial charge in [-0.2, -0.15) is 13.2 Å². The number of hydrogen-bond acceptors (Lipinski definition) is 5. The maximum Gasteiger partial charge on any atom is 0.416 e. The van der Waals surface area contributed by atoms with Crippen molar-refractivity contribution in [2.75, 3.05) is 23.8 Å². The van der Waals surface area contributed by atoms with Crippen molar-refractivity contribution in [3.05, 3.63) is 95.1 Å². The highest BCUT2D eigenvalue weighted by Crippen LogP contribution is 2.42. The second-order valence-electron chi connectivity index (χ2n) is 10.4. The molecule has 226 valence electrons. The highest BCUT2D eigenvalue weighted by atomic mass is 32.2. The minimum absolute atomic E-state index is 0.0353. The molecule has 0 aliphatic carbocycles. The molecule has 1 amide bonds. The van der Waals surface area contributed by atoms with Gasteiger partial charge < -0.3 is 15.3 Å². The SMILES string of the molecule is CCS(=O)(=O)c1ccc([C@H](CO)NC(=O)c2ccc(N3CC(c4ccc(C(F)(F)F)cc4)C[C@H]3C(C)(F)F)cc2)cc1. The Hall–Kier alpha value is -3.51. The van der Waals surface area contributed by atoms with Gasteiger partial charge in [-0.15, -0.1) is 0 Å². The molecule has 0 aromatic heterocycles. The lowest BCUT2D eigenvalue weighted by Crippen LogP contribution is -2.42. The highest BCUT2D eigenvalue weighted by Gasteiger charge is 2.45. The predicted octanol–water partition coefficient (Wildman–Crippen LogP) is 5.98. The number of hydrogen-bond donors (Lipinski definition) is 2. The topological polar surface area (TPSA) is 86.7 Å². The summed E-state index contributed by atoms with van der Waals surface area (Å²) in [7, 11) is -3.41. The summed E-state index contributed by atoms with van der Waals surface area (Å²) in [6, 6.07) is 14.3. The number of nitrogens with one attached hydrogen (secondary N) is 1. The number of aliphatic hydroxyl groups excluding tert-OH is 1. The van der Waals surface area contributed by atoms with Crippen molar-refractivity contribution >= 4 is 21.4 Å². The quantitative estimate of drug-likeness (QED) is 0.291. The number of amides is 1. The Bertz CT molecular complexity index is 1490. The van der Waals surface area contributed by atoms with Crippen LogP contribution < -0.4 is 10.2 Å². The second kappa shape index (κ2) is 12.0. The average molecular weight is 611 g/mol. The van der Waals surface area contributed by atoms with E-state index in [1.165, 1.54) is 72.5 Å². The van der Waals surface area contributed by atoms with Crippen LogP contribution in [0.4, 0.5) is 27.6 Å². The number of benzene rings is 3. The lowest BCUT2D eigenvalue weighted by atomic mass is 9.94. The van der Waals surface area contributed by atoms with Crippen molar-refractivity contribution in [2.45, 2.75) is 55.3 Å². The molecule has 1 fully saturated rings. The summed E-state index contributed by atoms with van der Waals surface area (Å²) in [6.45, 7) is 2.04. The molecule has 1 saturated heterocycles. The Balaban J connectivity index is 1.49. The summed E-state index contributed by atoms with van der Waals surface area (Å²) >= 11 is 0. The fourth-order valence-corrected chi connectivity index (χ4v) is 6.03. The van der Waals surface area contributed by atoms with E-state index in [-0.39, 0.29) is 29.2 Å². The van der Waals surface area contributed by atoms with Gasteiger partial charge in [0.2, 0.25) is 0 Å². The zero-order valence-electron chi connectivity index (χ0n) is 22.9. The molecule has 0 saturated carbocycles. The van der Waals surface area contributed by atoms with Gasteiger partial charge in [0, 0.05) is 30.6 Å². The second-order valence-corrected chi connectivity index (χ2v) is 12.7. The number of aliphatic hydroxyl groups is 1. The maximum absolute atomic E-state index is 14.6. The van der Waals surface area contributed by atoms with Crippen LogP contribution in [0.5, 0.6) is 0 Å². The van der Waals surface area contributed by atoms with Gasteiger partial charge in [-0.25, -0.2) is 17.2 Å². The van der Waals surface area contributed by atoms with Crippen molar-refractivity contribution in [3.8, 4) is 0 Å². The molecular weight excluding hydrogens is 579 g/mol. The molecule has 6 nitrogen and oxygen atoms in total. The van der Waals surface area contributed by atoms with Gasteiger partial charge in [-0.05, 0) is 66.1 Å². The van der Waals surface area contributed by atoms with Crippen molar-refractivity contribution in [1.29, 1.82) is 0 Å². The molecule has 0 spiro atoms. The largest absolute Gasteiger partial charge is 0.416 e. The Morgan fingerprint density at radius 2 is 1.57 bits per heavy atom. The Kier molecular flexibility index (Phi) is 8.98. The molecular formula is C30H31F5N2O4S. The third-order valence-electron chi connectivity index (χ3n) is 7.57. The number of rotatable bonds is 9. The summed E-state index contributed by atoms with van der Waals surface area (Å²) < 4.78 is 92.2. The lowest BCUT2D eigenvalue weighted by molar-refractivity contribution is -0.137. The number of carbonyl (C=O) groups excluding carboxylic acids is 1. The molecule has 12 heteroatoms. The molecule has 4 rings (SSSR count). The van der Waals surface area contributed by atoms with Gasteiger partial charge >= 0.3 is 6.18 Å². The highest BCUT2D eigenvalue weighted by molar-refractivity contribution is 7.91. The first kappa shape index (κ1) is 31.4. The molecule has 1 aliphatic rings. The van der Waals surface area contributed by atoms with E-state index >= 15 is 0 Å². The van der Waals surface area contributed by atoms with Crippen LogP contribution in [0.25, 0.3) is 0 Å². The summed E-state index contributed by atoms with van der Waals surface area (Å²) in [4.78, 5) is 14.6. The van der Waals surface area contributed by atoms with Gasteiger partial charge in [-0.3, -0.25) is 4.79 Å². The zero-order valence-corrected chi connectivity index (χ0v) is 23.7. The van der Waals surface area contributed by atoms with Crippen LogP contribution in [0.1, 0.15) is 59.3 Å². The maximum atomic E-state index is 14.6. The molecule has 2 N–H and O–H groups in total.